The fourth-order valence-corrected chi connectivity index (χ4v) is 2.91. The minimum absolute atomic E-state index is 0.748. The molecule has 84 valence electrons. The van der Waals surface area contributed by atoms with Gasteiger partial charge >= 0.3 is 0 Å². The van der Waals surface area contributed by atoms with Crippen LogP contribution in [0.3, 0.4) is 0 Å². The van der Waals surface area contributed by atoms with E-state index in [0.717, 1.165) is 20.8 Å². The maximum Gasteiger partial charge on any atom is 0.110 e. The summed E-state index contributed by atoms with van der Waals surface area (Å²) in [5.74, 6) is 0. The van der Waals surface area contributed by atoms with Crippen LogP contribution in [0.25, 0.3) is 10.9 Å². The van der Waals surface area contributed by atoms with Crippen LogP contribution in [0.15, 0.2) is 70.6 Å². The van der Waals surface area contributed by atoms with Crippen molar-refractivity contribution in [3.63, 3.8) is 0 Å². The van der Waals surface area contributed by atoms with Crippen LogP contribution in [0.2, 0.25) is 0 Å². The number of benzene rings is 2. The van der Waals surface area contributed by atoms with E-state index in [1.807, 2.05) is 60.7 Å². The van der Waals surface area contributed by atoms with Gasteiger partial charge in [-0.1, -0.05) is 36.4 Å². The molecule has 1 unspecified atom stereocenters. The van der Waals surface area contributed by atoms with E-state index in [-0.39, 0.29) is 0 Å². The van der Waals surface area contributed by atoms with Crippen molar-refractivity contribution in [1.29, 1.82) is 0 Å². The number of aromatic nitrogens is 1. The first-order chi connectivity index (χ1) is 8.34. The lowest BCUT2D eigenvalue weighted by atomic mass is 10.3. The van der Waals surface area contributed by atoms with E-state index in [1.165, 1.54) is 0 Å². The highest BCUT2D eigenvalue weighted by Crippen LogP contribution is 2.20. The van der Waals surface area contributed by atoms with E-state index < -0.39 is 10.8 Å². The van der Waals surface area contributed by atoms with Gasteiger partial charge in [0, 0.05) is 15.8 Å². The SMILES string of the molecule is O=S(c1ccccc1)c1cc2ccccc2[nH]1. The summed E-state index contributed by atoms with van der Waals surface area (Å²) in [6.07, 6.45) is 0. The molecule has 0 aliphatic heterocycles. The molecule has 0 saturated heterocycles. The number of fused-ring (bicyclic) bond motifs is 1. The predicted molar refractivity (Wildman–Crippen MR) is 69.4 cm³/mol. The summed E-state index contributed by atoms with van der Waals surface area (Å²) in [5.41, 5.74) is 1.02. The summed E-state index contributed by atoms with van der Waals surface area (Å²) < 4.78 is 12.3. The van der Waals surface area contributed by atoms with Gasteiger partial charge in [0.05, 0.1) is 0 Å². The fraction of sp³-hybridized carbons (Fsp3) is 0. The molecular formula is C14H11NOS. The normalized spacial score (nSPS) is 12.7. The van der Waals surface area contributed by atoms with Gasteiger partial charge in [-0.25, -0.2) is 4.21 Å². The predicted octanol–water partition coefficient (Wildman–Crippen LogP) is 3.33. The van der Waals surface area contributed by atoms with Crippen molar-refractivity contribution in [3.8, 4) is 0 Å². The number of aromatic amines is 1. The average molecular weight is 241 g/mol. The van der Waals surface area contributed by atoms with Gasteiger partial charge in [-0.2, -0.15) is 0 Å². The Hall–Kier alpha value is -1.87. The summed E-state index contributed by atoms with van der Waals surface area (Å²) >= 11 is 0. The molecule has 3 heteroatoms. The van der Waals surface area contributed by atoms with E-state index in [4.69, 9.17) is 0 Å². The Labute approximate surface area is 102 Å². The molecule has 0 saturated carbocycles. The van der Waals surface area contributed by atoms with Crippen LogP contribution >= 0.6 is 0 Å². The van der Waals surface area contributed by atoms with Gasteiger partial charge in [0.15, 0.2) is 0 Å². The van der Waals surface area contributed by atoms with Gasteiger partial charge in [-0.05, 0) is 24.3 Å². The quantitative estimate of drug-likeness (QED) is 0.733. The second-order valence-electron chi connectivity index (χ2n) is 3.80. The van der Waals surface area contributed by atoms with Crippen LogP contribution in [0.4, 0.5) is 0 Å². The third kappa shape index (κ3) is 1.89. The van der Waals surface area contributed by atoms with E-state index in [1.54, 1.807) is 0 Å². The van der Waals surface area contributed by atoms with Crippen molar-refractivity contribution in [2.45, 2.75) is 9.92 Å². The Morgan fingerprint density at radius 3 is 2.35 bits per heavy atom. The monoisotopic (exact) mass is 241 g/mol. The van der Waals surface area contributed by atoms with Crippen LogP contribution in [-0.2, 0) is 10.8 Å². The maximum absolute atomic E-state index is 12.3. The van der Waals surface area contributed by atoms with Crippen molar-refractivity contribution >= 4 is 21.7 Å². The summed E-state index contributed by atoms with van der Waals surface area (Å²) in [6.45, 7) is 0. The van der Waals surface area contributed by atoms with Crippen molar-refractivity contribution in [3.05, 3.63) is 60.7 Å². The number of H-pyrrole nitrogens is 1. The smallest absolute Gasteiger partial charge is 0.110 e. The van der Waals surface area contributed by atoms with Crippen molar-refractivity contribution < 1.29 is 4.21 Å². The summed E-state index contributed by atoms with van der Waals surface area (Å²) in [4.78, 5) is 4.01. The molecule has 3 rings (SSSR count). The van der Waals surface area contributed by atoms with E-state index in [2.05, 4.69) is 4.98 Å². The second kappa shape index (κ2) is 4.18. The highest BCUT2D eigenvalue weighted by Gasteiger charge is 2.09. The maximum atomic E-state index is 12.3. The lowest BCUT2D eigenvalue weighted by molar-refractivity contribution is 0.681. The first-order valence-electron chi connectivity index (χ1n) is 5.39. The van der Waals surface area contributed by atoms with Crippen LogP contribution in [-0.4, -0.2) is 9.19 Å². The third-order valence-electron chi connectivity index (χ3n) is 2.66. The van der Waals surface area contributed by atoms with Crippen LogP contribution < -0.4 is 0 Å². The van der Waals surface area contributed by atoms with Crippen LogP contribution in [0, 0.1) is 0 Å². The first kappa shape index (κ1) is 10.3. The third-order valence-corrected chi connectivity index (χ3v) is 3.98. The van der Waals surface area contributed by atoms with Crippen molar-refractivity contribution in [2.75, 3.05) is 0 Å². The lowest BCUT2D eigenvalue weighted by Crippen LogP contribution is -1.91. The highest BCUT2D eigenvalue weighted by atomic mass is 32.2. The molecular weight excluding hydrogens is 230 g/mol. The van der Waals surface area contributed by atoms with E-state index >= 15 is 0 Å². The summed E-state index contributed by atoms with van der Waals surface area (Å²) in [7, 11) is -1.14. The fourth-order valence-electron chi connectivity index (χ4n) is 1.82. The molecule has 2 nitrogen and oxygen atoms in total. The Morgan fingerprint density at radius 1 is 0.882 bits per heavy atom. The lowest BCUT2D eigenvalue weighted by Gasteiger charge is -1.97. The Morgan fingerprint density at radius 2 is 1.59 bits per heavy atom. The van der Waals surface area contributed by atoms with Gasteiger partial charge in [-0.3, -0.25) is 0 Å². The molecule has 0 aliphatic carbocycles. The first-order valence-corrected chi connectivity index (χ1v) is 6.54. The second-order valence-corrected chi connectivity index (χ2v) is 5.25. The molecule has 0 aliphatic rings. The van der Waals surface area contributed by atoms with Crippen LogP contribution in [0.5, 0.6) is 0 Å². The summed E-state index contributed by atoms with van der Waals surface area (Å²) in [5, 5.41) is 1.84. The van der Waals surface area contributed by atoms with Crippen molar-refractivity contribution in [1.82, 2.24) is 4.98 Å². The number of rotatable bonds is 2. The standard InChI is InChI=1S/C14H11NOS/c16-17(12-7-2-1-3-8-12)14-10-11-6-4-5-9-13(11)15-14/h1-10,15H. The van der Waals surface area contributed by atoms with E-state index in [9.17, 15) is 4.21 Å². The average Bonchev–Trinajstić information content (AvgIpc) is 2.82. The molecule has 0 fully saturated rings. The number of para-hydroxylation sites is 1. The minimum Gasteiger partial charge on any atom is -0.347 e. The molecule has 0 radical (unpaired) electrons. The molecule has 1 aromatic heterocycles. The van der Waals surface area contributed by atoms with Crippen molar-refractivity contribution in [2.24, 2.45) is 0 Å². The molecule has 0 bridgehead atoms. The van der Waals surface area contributed by atoms with Gasteiger partial charge < -0.3 is 4.98 Å². The molecule has 0 spiro atoms. The van der Waals surface area contributed by atoms with E-state index in [0.29, 0.717) is 0 Å². The topological polar surface area (TPSA) is 32.9 Å². The minimum atomic E-state index is -1.14. The molecule has 17 heavy (non-hydrogen) atoms. The molecule has 1 N–H and O–H groups in total. The zero-order valence-corrected chi connectivity index (χ0v) is 9.91. The molecule has 1 atom stereocenters. The largest absolute Gasteiger partial charge is 0.347 e. The number of nitrogens with one attached hydrogen (secondary N) is 1. The Bertz CT molecular complexity index is 640. The zero-order valence-electron chi connectivity index (χ0n) is 9.09. The Kier molecular flexibility index (Phi) is 2.53. The zero-order chi connectivity index (χ0) is 11.7. The van der Waals surface area contributed by atoms with Gasteiger partial charge in [0.25, 0.3) is 0 Å². The molecule has 1 heterocycles. The Balaban J connectivity index is 2.07. The van der Waals surface area contributed by atoms with Crippen LogP contribution in [0.1, 0.15) is 0 Å². The van der Waals surface area contributed by atoms with Gasteiger partial charge in [0.2, 0.25) is 0 Å². The highest BCUT2D eigenvalue weighted by molar-refractivity contribution is 7.85. The van der Waals surface area contributed by atoms with Gasteiger partial charge in [-0.15, -0.1) is 0 Å². The summed E-state index contributed by atoms with van der Waals surface area (Å²) in [6, 6.07) is 19.4. The number of hydrogen-bond acceptors (Lipinski definition) is 1. The number of hydrogen-bond donors (Lipinski definition) is 1. The van der Waals surface area contributed by atoms with Gasteiger partial charge in [0.1, 0.15) is 15.8 Å². The molecule has 0 amide bonds. The molecule has 2 aromatic carbocycles. The molecule has 3 aromatic rings.